The molecule has 0 saturated carbocycles. The van der Waals surface area contributed by atoms with Gasteiger partial charge in [-0.25, -0.2) is 4.98 Å². The van der Waals surface area contributed by atoms with Gasteiger partial charge in [-0.05, 0) is 23.8 Å². The van der Waals surface area contributed by atoms with Crippen molar-refractivity contribution in [3.8, 4) is 23.4 Å². The van der Waals surface area contributed by atoms with E-state index in [-0.39, 0.29) is 12.5 Å². The van der Waals surface area contributed by atoms with E-state index in [1.54, 1.807) is 30.5 Å². The second kappa shape index (κ2) is 9.30. The molecule has 0 atom stereocenters. The SMILES string of the molecule is CC(=O)NC/C=C/c1ccc(Oc2ccc(OCC#N)cc2Cl)nc1. The fraction of sp³-hybridized carbons (Fsp3) is 0.167. The number of carbonyl (C=O) groups is 1. The summed E-state index contributed by atoms with van der Waals surface area (Å²) in [4.78, 5) is 15.0. The molecule has 0 aliphatic carbocycles. The summed E-state index contributed by atoms with van der Waals surface area (Å²) in [5.41, 5.74) is 0.879. The van der Waals surface area contributed by atoms with Gasteiger partial charge in [-0.1, -0.05) is 23.8 Å². The van der Waals surface area contributed by atoms with Crippen molar-refractivity contribution in [3.05, 3.63) is 53.2 Å². The molecule has 0 saturated heterocycles. The quantitative estimate of drug-likeness (QED) is 0.818. The smallest absolute Gasteiger partial charge is 0.219 e. The Morgan fingerprint density at radius 3 is 2.88 bits per heavy atom. The molecule has 2 aromatic rings. The topological polar surface area (TPSA) is 84.2 Å². The summed E-state index contributed by atoms with van der Waals surface area (Å²) in [5.74, 6) is 1.25. The van der Waals surface area contributed by atoms with Crippen LogP contribution in [-0.4, -0.2) is 24.0 Å². The lowest BCUT2D eigenvalue weighted by Gasteiger charge is -2.08. The lowest BCUT2D eigenvalue weighted by atomic mass is 10.2. The Kier molecular flexibility index (Phi) is 6.81. The van der Waals surface area contributed by atoms with Gasteiger partial charge in [-0.2, -0.15) is 5.26 Å². The number of nitrogens with one attached hydrogen (secondary N) is 1. The van der Waals surface area contributed by atoms with E-state index < -0.39 is 0 Å². The predicted octanol–water partition coefficient (Wildman–Crippen LogP) is 3.58. The first-order chi connectivity index (χ1) is 12.1. The highest BCUT2D eigenvalue weighted by Gasteiger charge is 2.06. The van der Waals surface area contributed by atoms with Crippen LogP contribution in [0.15, 0.2) is 42.6 Å². The molecule has 6 nitrogen and oxygen atoms in total. The largest absolute Gasteiger partial charge is 0.479 e. The third-order valence-electron chi connectivity index (χ3n) is 2.96. The fourth-order valence-corrected chi connectivity index (χ4v) is 2.04. The van der Waals surface area contributed by atoms with Crippen LogP contribution in [0.4, 0.5) is 0 Å². The molecular formula is C18H16ClN3O3. The molecule has 0 radical (unpaired) electrons. The van der Waals surface area contributed by atoms with Gasteiger partial charge in [0.1, 0.15) is 17.6 Å². The molecule has 1 N–H and O–H groups in total. The Morgan fingerprint density at radius 2 is 2.24 bits per heavy atom. The third kappa shape index (κ3) is 6.16. The van der Waals surface area contributed by atoms with Gasteiger partial charge >= 0.3 is 0 Å². The molecule has 0 aliphatic heterocycles. The fourth-order valence-electron chi connectivity index (χ4n) is 1.83. The number of ether oxygens (including phenoxy) is 2. The van der Waals surface area contributed by atoms with Gasteiger partial charge in [-0.3, -0.25) is 4.79 Å². The Morgan fingerprint density at radius 1 is 1.40 bits per heavy atom. The summed E-state index contributed by atoms with van der Waals surface area (Å²) in [6, 6.07) is 10.3. The molecule has 0 aliphatic rings. The van der Waals surface area contributed by atoms with E-state index in [4.69, 9.17) is 26.3 Å². The average Bonchev–Trinajstić information content (AvgIpc) is 2.60. The molecule has 0 unspecified atom stereocenters. The molecule has 1 aromatic carbocycles. The van der Waals surface area contributed by atoms with Crippen molar-refractivity contribution < 1.29 is 14.3 Å². The van der Waals surface area contributed by atoms with Crippen LogP contribution in [-0.2, 0) is 4.79 Å². The molecule has 2 rings (SSSR count). The maximum atomic E-state index is 10.8. The number of aromatic nitrogens is 1. The third-order valence-corrected chi connectivity index (χ3v) is 3.26. The molecule has 128 valence electrons. The number of hydrogen-bond acceptors (Lipinski definition) is 5. The maximum Gasteiger partial charge on any atom is 0.219 e. The van der Waals surface area contributed by atoms with E-state index in [9.17, 15) is 4.79 Å². The van der Waals surface area contributed by atoms with Crippen molar-refractivity contribution in [2.75, 3.05) is 13.2 Å². The maximum absolute atomic E-state index is 10.8. The van der Waals surface area contributed by atoms with Crippen LogP contribution in [0.3, 0.4) is 0 Å². The highest BCUT2D eigenvalue weighted by atomic mass is 35.5. The molecule has 0 spiro atoms. The van der Waals surface area contributed by atoms with Crippen molar-refractivity contribution in [3.63, 3.8) is 0 Å². The van der Waals surface area contributed by atoms with Crippen LogP contribution in [0.25, 0.3) is 6.08 Å². The first-order valence-corrected chi connectivity index (χ1v) is 7.80. The van der Waals surface area contributed by atoms with Gasteiger partial charge in [0.05, 0.1) is 5.02 Å². The van der Waals surface area contributed by atoms with E-state index in [2.05, 4.69) is 10.3 Å². The number of hydrogen-bond donors (Lipinski definition) is 1. The summed E-state index contributed by atoms with van der Waals surface area (Å²) in [7, 11) is 0. The molecule has 0 bridgehead atoms. The van der Waals surface area contributed by atoms with Gasteiger partial charge in [0, 0.05) is 31.8 Å². The van der Waals surface area contributed by atoms with Crippen LogP contribution in [0, 0.1) is 11.3 Å². The predicted molar refractivity (Wildman–Crippen MR) is 94.6 cm³/mol. The van der Waals surface area contributed by atoms with Crippen LogP contribution < -0.4 is 14.8 Å². The monoisotopic (exact) mass is 357 g/mol. The minimum Gasteiger partial charge on any atom is -0.479 e. The van der Waals surface area contributed by atoms with Crippen molar-refractivity contribution in [1.82, 2.24) is 10.3 Å². The van der Waals surface area contributed by atoms with E-state index in [0.717, 1.165) is 5.56 Å². The summed E-state index contributed by atoms with van der Waals surface area (Å²) in [6.07, 6.45) is 5.33. The molecule has 1 heterocycles. The number of pyridine rings is 1. The van der Waals surface area contributed by atoms with Crippen LogP contribution >= 0.6 is 11.6 Å². The molecule has 1 amide bonds. The van der Waals surface area contributed by atoms with E-state index >= 15 is 0 Å². The highest BCUT2D eigenvalue weighted by Crippen LogP contribution is 2.31. The molecule has 7 heteroatoms. The summed E-state index contributed by atoms with van der Waals surface area (Å²) in [6.45, 7) is 1.88. The summed E-state index contributed by atoms with van der Waals surface area (Å²) >= 11 is 6.14. The van der Waals surface area contributed by atoms with Gasteiger partial charge in [0.15, 0.2) is 6.61 Å². The number of nitrogens with zero attached hydrogens (tertiary/aromatic N) is 2. The molecule has 1 aromatic heterocycles. The Bertz CT molecular complexity index is 798. The van der Waals surface area contributed by atoms with Crippen LogP contribution in [0.2, 0.25) is 5.02 Å². The number of halogens is 1. The second-order valence-electron chi connectivity index (χ2n) is 4.91. The zero-order valence-corrected chi connectivity index (χ0v) is 14.3. The number of carbonyl (C=O) groups excluding carboxylic acids is 1. The lowest BCUT2D eigenvalue weighted by Crippen LogP contribution is -2.19. The standard InChI is InChI=1S/C18H16ClN3O3/c1-13(23)21-9-2-3-14-4-7-18(22-12-14)25-17-6-5-15(11-16(17)19)24-10-8-20/h2-7,11-12H,9-10H2,1H3,(H,21,23)/b3-2+. The van der Waals surface area contributed by atoms with Gasteiger partial charge in [-0.15, -0.1) is 0 Å². The Hall–Kier alpha value is -3.04. The number of nitriles is 1. The van der Waals surface area contributed by atoms with Crippen molar-refractivity contribution in [2.24, 2.45) is 0 Å². The first-order valence-electron chi connectivity index (χ1n) is 7.42. The molecular weight excluding hydrogens is 342 g/mol. The Labute approximate surface area is 150 Å². The summed E-state index contributed by atoms with van der Waals surface area (Å²) < 4.78 is 10.8. The zero-order chi connectivity index (χ0) is 18.1. The second-order valence-corrected chi connectivity index (χ2v) is 5.32. The highest BCUT2D eigenvalue weighted by molar-refractivity contribution is 6.32. The number of rotatable bonds is 7. The number of benzene rings is 1. The zero-order valence-electron chi connectivity index (χ0n) is 13.5. The lowest BCUT2D eigenvalue weighted by molar-refractivity contribution is -0.118. The molecule has 25 heavy (non-hydrogen) atoms. The van der Waals surface area contributed by atoms with Crippen LogP contribution in [0.5, 0.6) is 17.4 Å². The van der Waals surface area contributed by atoms with E-state index in [0.29, 0.717) is 28.9 Å². The minimum atomic E-state index is -0.0764. The van der Waals surface area contributed by atoms with Crippen molar-refractivity contribution in [2.45, 2.75) is 6.92 Å². The molecule has 0 fully saturated rings. The van der Waals surface area contributed by atoms with Gasteiger partial charge < -0.3 is 14.8 Å². The first kappa shape index (κ1) is 18.3. The van der Waals surface area contributed by atoms with Crippen molar-refractivity contribution in [1.29, 1.82) is 5.26 Å². The van der Waals surface area contributed by atoms with Crippen LogP contribution in [0.1, 0.15) is 12.5 Å². The normalized spacial score (nSPS) is 10.3. The Balaban J connectivity index is 1.97. The summed E-state index contributed by atoms with van der Waals surface area (Å²) in [5, 5.41) is 11.5. The minimum absolute atomic E-state index is 0.0466. The van der Waals surface area contributed by atoms with Gasteiger partial charge in [0.25, 0.3) is 0 Å². The average molecular weight is 358 g/mol. The van der Waals surface area contributed by atoms with E-state index in [1.165, 1.54) is 6.92 Å². The van der Waals surface area contributed by atoms with Gasteiger partial charge in [0.2, 0.25) is 11.8 Å². The van der Waals surface area contributed by atoms with E-state index in [1.807, 2.05) is 24.3 Å². The number of amides is 1. The van der Waals surface area contributed by atoms with Crippen molar-refractivity contribution >= 4 is 23.6 Å².